The van der Waals surface area contributed by atoms with Crippen molar-refractivity contribution in [2.75, 3.05) is 5.33 Å². The minimum Gasteiger partial charge on any atom is -0.258 e. The van der Waals surface area contributed by atoms with Crippen LogP contribution in [0.5, 0.6) is 0 Å². The van der Waals surface area contributed by atoms with Crippen molar-refractivity contribution in [2.24, 2.45) is 0 Å². The molecular formula is C9H4BrN3O2. The average molecular weight is 266 g/mol. The van der Waals surface area contributed by atoms with Crippen LogP contribution in [0.25, 0.3) is 0 Å². The fourth-order valence-corrected chi connectivity index (χ4v) is 1.02. The van der Waals surface area contributed by atoms with E-state index in [-0.39, 0.29) is 11.4 Å². The highest BCUT2D eigenvalue weighted by molar-refractivity contribution is 9.09. The van der Waals surface area contributed by atoms with Crippen molar-refractivity contribution in [3.63, 3.8) is 0 Å². The zero-order valence-corrected chi connectivity index (χ0v) is 8.98. The van der Waals surface area contributed by atoms with Crippen LogP contribution < -0.4 is 0 Å². The van der Waals surface area contributed by atoms with Crippen molar-refractivity contribution >= 4 is 21.6 Å². The molecule has 0 atom stereocenters. The van der Waals surface area contributed by atoms with Crippen molar-refractivity contribution in [2.45, 2.75) is 0 Å². The quantitative estimate of drug-likeness (QED) is 0.334. The van der Waals surface area contributed by atoms with Crippen LogP contribution in [0.4, 0.5) is 5.69 Å². The summed E-state index contributed by atoms with van der Waals surface area (Å²) < 4.78 is 0. The molecule has 0 radical (unpaired) electrons. The Balaban J connectivity index is 3.23. The molecule has 0 N–H and O–H groups in total. The maximum Gasteiger partial charge on any atom is 0.306 e. The summed E-state index contributed by atoms with van der Waals surface area (Å²) in [6.45, 7) is 0. The highest BCUT2D eigenvalue weighted by Crippen LogP contribution is 2.16. The second-order valence-corrected chi connectivity index (χ2v) is 2.96. The van der Waals surface area contributed by atoms with Gasteiger partial charge in [-0.1, -0.05) is 27.8 Å². The number of hydrogen-bond acceptors (Lipinski definition) is 4. The second-order valence-electron chi connectivity index (χ2n) is 2.40. The Labute approximate surface area is 94.0 Å². The third-order valence-electron chi connectivity index (χ3n) is 1.47. The van der Waals surface area contributed by atoms with Crippen LogP contribution in [-0.2, 0) is 0 Å². The summed E-state index contributed by atoms with van der Waals surface area (Å²) in [6.07, 6.45) is 1.33. The van der Waals surface area contributed by atoms with Crippen molar-refractivity contribution in [1.29, 1.82) is 5.26 Å². The summed E-state index contributed by atoms with van der Waals surface area (Å²) in [5.74, 6) is 5.36. The molecule has 0 unspecified atom stereocenters. The maximum absolute atomic E-state index is 10.6. The molecule has 1 rings (SSSR count). The predicted octanol–water partition coefficient (Wildman–Crippen LogP) is 1.61. The van der Waals surface area contributed by atoms with Gasteiger partial charge in [-0.15, -0.1) is 0 Å². The Bertz CT molecular complexity index is 496. The molecule has 0 fully saturated rings. The Kier molecular flexibility index (Phi) is 3.78. The number of aromatic nitrogens is 1. The fourth-order valence-electron chi connectivity index (χ4n) is 0.882. The van der Waals surface area contributed by atoms with Gasteiger partial charge in [0.1, 0.15) is 6.07 Å². The average Bonchev–Trinajstić information content (AvgIpc) is 2.25. The summed E-state index contributed by atoms with van der Waals surface area (Å²) in [6, 6.07) is 2.89. The number of nitriles is 1. The Morgan fingerprint density at radius 3 is 2.93 bits per heavy atom. The zero-order valence-electron chi connectivity index (χ0n) is 7.40. The van der Waals surface area contributed by atoms with E-state index in [1.54, 1.807) is 6.07 Å². The molecule has 5 nitrogen and oxygen atoms in total. The van der Waals surface area contributed by atoms with E-state index in [2.05, 4.69) is 32.8 Å². The van der Waals surface area contributed by atoms with Crippen molar-refractivity contribution in [1.82, 2.24) is 4.98 Å². The van der Waals surface area contributed by atoms with E-state index in [1.807, 2.05) is 0 Å². The van der Waals surface area contributed by atoms with E-state index in [0.717, 1.165) is 0 Å². The molecule has 0 saturated carbocycles. The fraction of sp³-hybridized carbons (Fsp3) is 0.111. The molecule has 0 bridgehead atoms. The summed E-state index contributed by atoms with van der Waals surface area (Å²) >= 11 is 3.10. The SMILES string of the molecule is N#Cc1ncc(C#CCBr)cc1[N+](=O)[O-]. The van der Waals surface area contributed by atoms with Crippen LogP contribution in [0.2, 0.25) is 0 Å². The molecule has 15 heavy (non-hydrogen) atoms. The first-order valence-corrected chi connectivity index (χ1v) is 4.90. The van der Waals surface area contributed by atoms with Crippen LogP contribution in [-0.4, -0.2) is 15.2 Å². The summed E-state index contributed by atoms with van der Waals surface area (Å²) in [7, 11) is 0. The smallest absolute Gasteiger partial charge is 0.258 e. The van der Waals surface area contributed by atoms with E-state index < -0.39 is 4.92 Å². The molecule has 0 saturated heterocycles. The number of pyridine rings is 1. The number of alkyl halides is 1. The van der Waals surface area contributed by atoms with Crippen LogP contribution in [0.3, 0.4) is 0 Å². The molecule has 0 amide bonds. The molecule has 6 heteroatoms. The summed E-state index contributed by atoms with van der Waals surface area (Å²) in [5, 5.41) is 19.6. The van der Waals surface area contributed by atoms with Crippen LogP contribution in [0, 0.1) is 33.3 Å². The number of rotatable bonds is 1. The lowest BCUT2D eigenvalue weighted by Crippen LogP contribution is -1.95. The monoisotopic (exact) mass is 265 g/mol. The van der Waals surface area contributed by atoms with E-state index in [1.165, 1.54) is 12.3 Å². The molecule has 1 heterocycles. The van der Waals surface area contributed by atoms with Crippen LogP contribution in [0.1, 0.15) is 11.3 Å². The largest absolute Gasteiger partial charge is 0.306 e. The van der Waals surface area contributed by atoms with Gasteiger partial charge in [-0.3, -0.25) is 10.1 Å². The number of hydrogen-bond donors (Lipinski definition) is 0. The lowest BCUT2D eigenvalue weighted by atomic mass is 10.2. The summed E-state index contributed by atoms with van der Waals surface area (Å²) in [5.41, 5.74) is -0.108. The molecular weight excluding hydrogens is 262 g/mol. The van der Waals surface area contributed by atoms with Gasteiger partial charge < -0.3 is 0 Å². The summed E-state index contributed by atoms with van der Waals surface area (Å²) in [4.78, 5) is 13.6. The second kappa shape index (κ2) is 5.08. The first-order chi connectivity index (χ1) is 7.19. The first kappa shape index (κ1) is 11.2. The van der Waals surface area contributed by atoms with Gasteiger partial charge >= 0.3 is 5.69 Å². The minimum absolute atomic E-state index is 0.204. The van der Waals surface area contributed by atoms with Gasteiger partial charge in [-0.05, 0) is 0 Å². The normalized spacial score (nSPS) is 8.53. The topological polar surface area (TPSA) is 79.8 Å². The van der Waals surface area contributed by atoms with E-state index in [4.69, 9.17) is 5.26 Å². The van der Waals surface area contributed by atoms with Crippen molar-refractivity contribution in [3.8, 4) is 17.9 Å². The molecule has 0 aromatic carbocycles. The molecule has 1 aromatic heterocycles. The molecule has 74 valence electrons. The molecule has 0 aliphatic carbocycles. The van der Waals surface area contributed by atoms with Crippen molar-refractivity contribution < 1.29 is 4.92 Å². The van der Waals surface area contributed by atoms with Gasteiger partial charge in [-0.2, -0.15) is 5.26 Å². The highest BCUT2D eigenvalue weighted by atomic mass is 79.9. The molecule has 0 aliphatic heterocycles. The standard InChI is InChI=1S/C9H4BrN3O2/c10-3-1-2-7-4-9(13(14)15)8(5-11)12-6-7/h4,6H,3H2. The molecule has 0 spiro atoms. The van der Waals surface area contributed by atoms with Gasteiger partial charge in [0.05, 0.1) is 10.3 Å². The molecule has 1 aromatic rings. The van der Waals surface area contributed by atoms with E-state index in [9.17, 15) is 10.1 Å². The highest BCUT2D eigenvalue weighted by Gasteiger charge is 2.14. The van der Waals surface area contributed by atoms with Gasteiger partial charge in [-0.25, -0.2) is 4.98 Å². The van der Waals surface area contributed by atoms with Crippen molar-refractivity contribution in [3.05, 3.63) is 33.6 Å². The number of nitrogens with zero attached hydrogens (tertiary/aromatic N) is 3. The molecule has 0 aliphatic rings. The van der Waals surface area contributed by atoms with Crippen LogP contribution in [0.15, 0.2) is 12.3 Å². The lowest BCUT2D eigenvalue weighted by molar-refractivity contribution is -0.385. The number of nitro groups is 1. The third kappa shape index (κ3) is 2.76. The van der Waals surface area contributed by atoms with Gasteiger partial charge in [0, 0.05) is 17.8 Å². The van der Waals surface area contributed by atoms with E-state index >= 15 is 0 Å². The Morgan fingerprint density at radius 1 is 1.67 bits per heavy atom. The Morgan fingerprint density at radius 2 is 2.40 bits per heavy atom. The third-order valence-corrected chi connectivity index (χ3v) is 1.75. The lowest BCUT2D eigenvalue weighted by Gasteiger charge is -1.94. The number of halogens is 1. The predicted molar refractivity (Wildman–Crippen MR) is 56.3 cm³/mol. The zero-order chi connectivity index (χ0) is 11.3. The van der Waals surface area contributed by atoms with Gasteiger partial charge in [0.25, 0.3) is 0 Å². The first-order valence-electron chi connectivity index (χ1n) is 3.78. The van der Waals surface area contributed by atoms with Gasteiger partial charge in [0.15, 0.2) is 0 Å². The minimum atomic E-state index is -0.648. The van der Waals surface area contributed by atoms with E-state index in [0.29, 0.717) is 10.9 Å². The van der Waals surface area contributed by atoms with Gasteiger partial charge in [0.2, 0.25) is 5.69 Å². The maximum atomic E-state index is 10.6. The Hall–Kier alpha value is -1.92. The van der Waals surface area contributed by atoms with Crippen LogP contribution >= 0.6 is 15.9 Å².